The van der Waals surface area contributed by atoms with Crippen LogP contribution in [-0.2, 0) is 7.05 Å². The fourth-order valence-electron chi connectivity index (χ4n) is 3.91. The molecule has 1 unspecified atom stereocenters. The van der Waals surface area contributed by atoms with E-state index < -0.39 is 0 Å². The van der Waals surface area contributed by atoms with Crippen molar-refractivity contribution in [2.24, 2.45) is 7.05 Å². The Hall–Kier alpha value is -2.09. The third kappa shape index (κ3) is 3.86. The maximum absolute atomic E-state index is 13.5. The number of aryl methyl sites for hydroxylation is 1. The van der Waals surface area contributed by atoms with E-state index in [4.69, 9.17) is 4.74 Å². The smallest absolute Gasteiger partial charge is 0.264 e. The molecule has 3 aromatic rings. The van der Waals surface area contributed by atoms with E-state index in [9.17, 15) is 4.79 Å². The summed E-state index contributed by atoms with van der Waals surface area (Å²) in [7, 11) is 3.62. The summed E-state index contributed by atoms with van der Waals surface area (Å²) >= 11 is 1.53. The van der Waals surface area contributed by atoms with Gasteiger partial charge >= 0.3 is 0 Å². The fraction of sp³-hybridized carbons (Fsp3) is 0.429. The van der Waals surface area contributed by atoms with Crippen LogP contribution in [-0.4, -0.2) is 47.3 Å². The number of methoxy groups -OCH3 is 1. The van der Waals surface area contributed by atoms with Gasteiger partial charge in [0.05, 0.1) is 23.7 Å². The number of piperazine rings is 1. The van der Waals surface area contributed by atoms with Crippen LogP contribution in [0.4, 0.5) is 0 Å². The molecule has 1 aromatic carbocycles. The molecule has 1 amide bonds. The first-order valence-electron chi connectivity index (χ1n) is 9.62. The first-order valence-corrected chi connectivity index (χ1v) is 10.4. The minimum Gasteiger partial charge on any atom is -0.496 e. The molecule has 1 aliphatic rings. The Kier molecular flexibility index (Phi) is 6.51. The van der Waals surface area contributed by atoms with Gasteiger partial charge in [-0.1, -0.05) is 32.0 Å². The highest BCUT2D eigenvalue weighted by Crippen LogP contribution is 2.35. The van der Waals surface area contributed by atoms with Crippen molar-refractivity contribution in [1.82, 2.24) is 20.0 Å². The van der Waals surface area contributed by atoms with Gasteiger partial charge in [-0.05, 0) is 18.1 Å². The molecule has 1 N–H and O–H groups in total. The number of amides is 1. The second kappa shape index (κ2) is 8.73. The van der Waals surface area contributed by atoms with E-state index in [0.717, 1.165) is 45.2 Å². The van der Waals surface area contributed by atoms with Gasteiger partial charge in [-0.25, -0.2) is 0 Å². The molecule has 0 aliphatic carbocycles. The number of nitrogens with one attached hydrogen (secondary N) is 1. The number of carbonyl (C=O) groups excluding carboxylic acids is 1. The summed E-state index contributed by atoms with van der Waals surface area (Å²) < 4.78 is 7.44. The van der Waals surface area contributed by atoms with Crippen molar-refractivity contribution in [1.29, 1.82) is 0 Å². The van der Waals surface area contributed by atoms with Crippen LogP contribution in [0.2, 0.25) is 0 Å². The Morgan fingerprint density at radius 3 is 2.83 bits per heavy atom. The summed E-state index contributed by atoms with van der Waals surface area (Å²) in [6.07, 6.45) is 0. The van der Waals surface area contributed by atoms with Crippen molar-refractivity contribution in [3.05, 3.63) is 46.5 Å². The molecule has 2 aromatic heterocycles. The molecule has 1 saturated heterocycles. The predicted octanol–water partition coefficient (Wildman–Crippen LogP) is 3.98. The predicted molar refractivity (Wildman–Crippen MR) is 120 cm³/mol. The minimum absolute atomic E-state index is 0. The summed E-state index contributed by atoms with van der Waals surface area (Å²) in [5, 5.41) is 9.13. The van der Waals surface area contributed by atoms with E-state index in [1.807, 2.05) is 47.0 Å². The summed E-state index contributed by atoms with van der Waals surface area (Å²) in [6, 6.07) is 9.92. The number of fused-ring (bicyclic) bond motifs is 1. The summed E-state index contributed by atoms with van der Waals surface area (Å²) in [4.78, 5) is 17.3. The zero-order valence-electron chi connectivity index (χ0n) is 17.1. The van der Waals surface area contributed by atoms with E-state index in [2.05, 4.69) is 24.3 Å². The molecular formula is C21H27ClN4O2S. The van der Waals surface area contributed by atoms with E-state index in [-0.39, 0.29) is 24.4 Å². The number of para-hydroxylation sites is 1. The van der Waals surface area contributed by atoms with Gasteiger partial charge in [-0.3, -0.25) is 9.48 Å². The van der Waals surface area contributed by atoms with Crippen LogP contribution in [0.3, 0.4) is 0 Å². The van der Waals surface area contributed by atoms with Gasteiger partial charge in [0.2, 0.25) is 0 Å². The zero-order valence-corrected chi connectivity index (χ0v) is 18.8. The highest BCUT2D eigenvalue weighted by molar-refractivity contribution is 7.20. The van der Waals surface area contributed by atoms with Crippen LogP contribution >= 0.6 is 23.7 Å². The second-order valence-electron chi connectivity index (χ2n) is 7.45. The summed E-state index contributed by atoms with van der Waals surface area (Å²) in [5.41, 5.74) is 2.09. The molecule has 8 heteroatoms. The topological polar surface area (TPSA) is 59.4 Å². The molecule has 0 spiro atoms. The quantitative estimate of drug-likeness (QED) is 0.674. The average molecular weight is 435 g/mol. The van der Waals surface area contributed by atoms with Crippen LogP contribution in [0.5, 0.6) is 5.75 Å². The molecule has 1 atom stereocenters. The van der Waals surface area contributed by atoms with Crippen molar-refractivity contribution in [3.63, 3.8) is 0 Å². The monoisotopic (exact) mass is 434 g/mol. The molecular weight excluding hydrogens is 408 g/mol. The molecule has 0 bridgehead atoms. The average Bonchev–Trinajstić information content (AvgIpc) is 3.28. The van der Waals surface area contributed by atoms with Gasteiger partial charge < -0.3 is 15.0 Å². The maximum atomic E-state index is 13.5. The van der Waals surface area contributed by atoms with Gasteiger partial charge in [0.1, 0.15) is 10.6 Å². The normalized spacial score (nSPS) is 16.9. The van der Waals surface area contributed by atoms with Crippen molar-refractivity contribution in [3.8, 4) is 5.75 Å². The molecule has 4 rings (SSSR count). The Morgan fingerprint density at radius 1 is 1.34 bits per heavy atom. The first kappa shape index (κ1) is 21.6. The number of nitrogens with zero attached hydrogens (tertiary/aromatic N) is 3. The summed E-state index contributed by atoms with van der Waals surface area (Å²) in [6.45, 7) is 6.45. The van der Waals surface area contributed by atoms with Gasteiger partial charge in [-0.15, -0.1) is 23.7 Å². The number of thiophene rings is 1. The van der Waals surface area contributed by atoms with Crippen molar-refractivity contribution in [2.75, 3.05) is 26.7 Å². The number of aromatic nitrogens is 2. The molecule has 1 fully saturated rings. The van der Waals surface area contributed by atoms with Gasteiger partial charge in [-0.2, -0.15) is 5.10 Å². The fourth-order valence-corrected chi connectivity index (χ4v) is 4.94. The standard InChI is InChI=1S/C21H26N4O2S.ClH/c1-13(2)19-15-11-18(28-21(15)24(3)23-19)20(26)25-10-9-22-12-16(25)14-7-5-6-8-17(14)27-4;/h5-8,11,13,16,22H,9-10,12H2,1-4H3;1H. The first-order chi connectivity index (χ1) is 13.5. The molecule has 0 saturated carbocycles. The van der Waals surface area contributed by atoms with Gasteiger partial charge in [0.15, 0.2) is 0 Å². The SMILES string of the molecule is COc1ccccc1C1CNCCN1C(=O)c1cc2c(C(C)C)nn(C)c2s1.Cl. The Bertz CT molecular complexity index is 1010. The lowest BCUT2D eigenvalue weighted by Crippen LogP contribution is -2.48. The van der Waals surface area contributed by atoms with Crippen molar-refractivity contribution < 1.29 is 9.53 Å². The zero-order chi connectivity index (χ0) is 19.8. The molecule has 156 valence electrons. The number of carbonyl (C=O) groups is 1. The number of ether oxygens (including phenoxy) is 1. The van der Waals surface area contributed by atoms with Gasteiger partial charge in [0.25, 0.3) is 5.91 Å². The lowest BCUT2D eigenvalue weighted by atomic mass is 10.0. The van der Waals surface area contributed by atoms with Crippen LogP contribution in [0.1, 0.15) is 46.7 Å². The highest BCUT2D eigenvalue weighted by Gasteiger charge is 2.32. The van der Waals surface area contributed by atoms with E-state index in [0.29, 0.717) is 12.5 Å². The van der Waals surface area contributed by atoms with Crippen LogP contribution in [0, 0.1) is 0 Å². The Morgan fingerprint density at radius 2 is 2.10 bits per heavy atom. The lowest BCUT2D eigenvalue weighted by molar-refractivity contribution is 0.0637. The Balaban J connectivity index is 0.00000240. The molecule has 6 nitrogen and oxygen atoms in total. The van der Waals surface area contributed by atoms with Crippen LogP contribution in [0.15, 0.2) is 30.3 Å². The van der Waals surface area contributed by atoms with E-state index >= 15 is 0 Å². The largest absolute Gasteiger partial charge is 0.496 e. The number of benzene rings is 1. The molecule has 0 radical (unpaired) electrons. The number of hydrogen-bond acceptors (Lipinski definition) is 5. The van der Waals surface area contributed by atoms with Crippen molar-refractivity contribution >= 4 is 39.9 Å². The minimum atomic E-state index is -0.0506. The Labute approximate surface area is 181 Å². The maximum Gasteiger partial charge on any atom is 0.264 e. The van der Waals surface area contributed by atoms with Crippen molar-refractivity contribution in [2.45, 2.75) is 25.8 Å². The number of hydrogen-bond donors (Lipinski definition) is 1. The van der Waals surface area contributed by atoms with Crippen LogP contribution in [0.25, 0.3) is 10.2 Å². The second-order valence-corrected chi connectivity index (χ2v) is 8.48. The van der Waals surface area contributed by atoms with E-state index in [1.165, 1.54) is 11.3 Å². The van der Waals surface area contributed by atoms with E-state index in [1.54, 1.807) is 7.11 Å². The molecule has 3 heterocycles. The third-order valence-electron chi connectivity index (χ3n) is 5.30. The van der Waals surface area contributed by atoms with Gasteiger partial charge in [0, 0.05) is 37.6 Å². The third-order valence-corrected chi connectivity index (χ3v) is 6.49. The lowest BCUT2D eigenvalue weighted by Gasteiger charge is -2.36. The number of halogens is 1. The van der Waals surface area contributed by atoms with Crippen LogP contribution < -0.4 is 10.1 Å². The highest BCUT2D eigenvalue weighted by atomic mass is 35.5. The molecule has 29 heavy (non-hydrogen) atoms. The summed E-state index contributed by atoms with van der Waals surface area (Å²) in [5.74, 6) is 1.21. The number of rotatable bonds is 4. The molecule has 1 aliphatic heterocycles.